The molecule has 1 aliphatic heterocycles. The molecule has 7 aromatic carbocycles. The van der Waals surface area contributed by atoms with Gasteiger partial charge in [0.05, 0.1) is 5.52 Å². The van der Waals surface area contributed by atoms with Gasteiger partial charge in [-0.1, -0.05) is 155 Å². The lowest BCUT2D eigenvalue weighted by molar-refractivity contribution is 0.332. The van der Waals surface area contributed by atoms with Crippen molar-refractivity contribution < 1.29 is 0 Å². The van der Waals surface area contributed by atoms with Crippen LogP contribution in [0.25, 0.3) is 69.9 Å². The number of hydrogen-bond donors (Lipinski definition) is 1. The molecule has 2 aromatic heterocycles. The average molecular weight is 932 g/mol. The van der Waals surface area contributed by atoms with Gasteiger partial charge in [-0.05, 0) is 170 Å². The molecule has 1 radical (unpaired) electrons. The van der Waals surface area contributed by atoms with Crippen LogP contribution in [-0.2, 0) is 32.5 Å². The Balaban J connectivity index is 1.16. The lowest BCUT2D eigenvalue weighted by Crippen LogP contribution is -2.41. The highest BCUT2D eigenvalue weighted by Crippen LogP contribution is 2.54. The summed E-state index contributed by atoms with van der Waals surface area (Å²) >= 11 is 1.94. The van der Waals surface area contributed by atoms with E-state index in [1.807, 2.05) is 11.3 Å². The van der Waals surface area contributed by atoms with Crippen LogP contribution in [0.4, 0.5) is 11.4 Å². The molecule has 70 heavy (non-hydrogen) atoms. The van der Waals surface area contributed by atoms with Gasteiger partial charge < -0.3 is 9.88 Å². The fourth-order valence-corrected chi connectivity index (χ4v) is 15.1. The molecule has 0 saturated carbocycles. The van der Waals surface area contributed by atoms with E-state index in [-0.39, 0.29) is 32.5 Å². The Morgan fingerprint density at radius 2 is 1.01 bits per heavy atom. The van der Waals surface area contributed by atoms with Gasteiger partial charge in [0.1, 0.15) is 0 Å². The Bertz CT molecular complexity index is 3730. The fourth-order valence-electron chi connectivity index (χ4n) is 13.8. The zero-order valence-electron chi connectivity index (χ0n) is 43.6. The van der Waals surface area contributed by atoms with Crippen molar-refractivity contribution in [1.29, 1.82) is 0 Å². The van der Waals surface area contributed by atoms with Gasteiger partial charge in [0.2, 0.25) is 0 Å². The van der Waals surface area contributed by atoms with Crippen LogP contribution in [0.3, 0.4) is 0 Å². The number of fused-ring (bicyclic) bond motifs is 11. The molecule has 0 saturated heterocycles. The van der Waals surface area contributed by atoms with Gasteiger partial charge in [0, 0.05) is 64.7 Å². The summed E-state index contributed by atoms with van der Waals surface area (Å²) in [6, 6.07) is 45.6. The van der Waals surface area contributed by atoms with Crippen LogP contribution in [0.1, 0.15) is 155 Å². The molecule has 3 aliphatic carbocycles. The maximum absolute atomic E-state index is 4.23. The predicted octanol–water partition coefficient (Wildman–Crippen LogP) is 17.2. The topological polar surface area (TPSA) is 17.0 Å². The number of aromatic nitrogens is 1. The minimum Gasteiger partial charge on any atom is -0.355 e. The summed E-state index contributed by atoms with van der Waals surface area (Å²) in [5, 5.41) is 9.54. The molecule has 9 aromatic rings. The summed E-state index contributed by atoms with van der Waals surface area (Å²) in [5.74, 6) is 0. The second-order valence-electron chi connectivity index (χ2n) is 26.0. The Hall–Kier alpha value is -5.58. The maximum Gasteiger partial charge on any atom is 0.197 e. The highest BCUT2D eigenvalue weighted by molar-refractivity contribution is 7.26. The molecule has 0 unspecified atom stereocenters. The Morgan fingerprint density at radius 3 is 1.70 bits per heavy atom. The minimum absolute atomic E-state index is 0.0229. The molecule has 0 bridgehead atoms. The van der Waals surface area contributed by atoms with Crippen molar-refractivity contribution >= 4 is 82.9 Å². The first-order valence-electron chi connectivity index (χ1n) is 26.3. The Kier molecular flexibility index (Phi) is 9.21. The number of nitrogens with one attached hydrogen (secondary N) is 1. The molecule has 0 spiro atoms. The third-order valence-corrected chi connectivity index (χ3v) is 19.8. The number of benzene rings is 7. The zero-order valence-corrected chi connectivity index (χ0v) is 44.5. The van der Waals surface area contributed by atoms with Crippen LogP contribution in [0.2, 0.25) is 0 Å². The third kappa shape index (κ3) is 6.36. The summed E-state index contributed by atoms with van der Waals surface area (Å²) in [7, 11) is 2.59. The molecule has 4 aliphatic rings. The normalized spacial score (nSPS) is 19.6. The van der Waals surface area contributed by atoms with E-state index in [9.17, 15) is 0 Å². The Labute approximate surface area is 421 Å². The lowest BCUT2D eigenvalue weighted by Gasteiger charge is -2.43. The second-order valence-corrected chi connectivity index (χ2v) is 27.0. The molecule has 0 amide bonds. The molecule has 0 atom stereocenters. The minimum atomic E-state index is 0.0229. The monoisotopic (exact) mass is 932 g/mol. The summed E-state index contributed by atoms with van der Waals surface area (Å²) < 4.78 is 5.37. The van der Waals surface area contributed by atoms with Crippen LogP contribution in [0.5, 0.6) is 0 Å². The number of rotatable bonds is 4. The van der Waals surface area contributed by atoms with Gasteiger partial charge in [-0.3, -0.25) is 0 Å². The van der Waals surface area contributed by atoms with Gasteiger partial charge in [0.25, 0.3) is 0 Å². The second kappa shape index (κ2) is 14.5. The van der Waals surface area contributed by atoms with Crippen molar-refractivity contribution in [2.45, 2.75) is 154 Å². The van der Waals surface area contributed by atoms with Crippen molar-refractivity contribution in [1.82, 2.24) is 4.57 Å². The SMILES string of the molecule is CC1(C)CCC(C)(C)c2cc(Nc3cc4c(cc3-c3cc(-c5cccc6c5sc5ccccc56)c5c6ccccc6n6c5c3[B]c3cc5c(cc3-6)C(C)(C)CCC5(C)C)C(C)(C)CCC4(C)C)ccc21. The molecular weight excluding hydrogens is 864 g/mol. The van der Waals surface area contributed by atoms with Crippen LogP contribution < -0.4 is 16.2 Å². The highest BCUT2D eigenvalue weighted by atomic mass is 32.1. The van der Waals surface area contributed by atoms with Crippen LogP contribution in [0, 0.1) is 0 Å². The van der Waals surface area contributed by atoms with Crippen molar-refractivity contribution in [3.8, 4) is 27.9 Å². The predicted molar refractivity (Wildman–Crippen MR) is 305 cm³/mol. The van der Waals surface area contributed by atoms with Crippen molar-refractivity contribution in [3.05, 3.63) is 149 Å². The molecule has 3 heterocycles. The van der Waals surface area contributed by atoms with Crippen LogP contribution in [-0.4, -0.2) is 11.8 Å². The van der Waals surface area contributed by atoms with Crippen molar-refractivity contribution in [2.24, 2.45) is 0 Å². The highest BCUT2D eigenvalue weighted by Gasteiger charge is 2.42. The van der Waals surface area contributed by atoms with Gasteiger partial charge in [-0.2, -0.15) is 0 Å². The number of thiophene rings is 1. The number of anilines is 2. The number of para-hydroxylation sites is 1. The van der Waals surface area contributed by atoms with E-state index >= 15 is 0 Å². The zero-order chi connectivity index (χ0) is 48.7. The number of nitrogens with zero attached hydrogens (tertiary/aromatic N) is 1. The third-order valence-electron chi connectivity index (χ3n) is 18.6. The molecule has 13 rings (SSSR count). The molecule has 4 heteroatoms. The van der Waals surface area contributed by atoms with E-state index in [4.69, 9.17) is 0 Å². The molecule has 2 nitrogen and oxygen atoms in total. The van der Waals surface area contributed by atoms with Crippen LogP contribution in [0.15, 0.2) is 115 Å². The molecule has 351 valence electrons. The summed E-state index contributed by atoms with van der Waals surface area (Å²) in [5.41, 5.74) is 23.5. The maximum atomic E-state index is 4.23. The largest absolute Gasteiger partial charge is 0.355 e. The van der Waals surface area contributed by atoms with Crippen LogP contribution >= 0.6 is 11.3 Å². The van der Waals surface area contributed by atoms with Gasteiger partial charge in [0.15, 0.2) is 7.28 Å². The quantitative estimate of drug-likeness (QED) is 0.174. The summed E-state index contributed by atoms with van der Waals surface area (Å²) in [4.78, 5) is 0. The molecule has 0 fully saturated rings. The lowest BCUT2D eigenvalue weighted by atomic mass is 9.55. The van der Waals surface area contributed by atoms with E-state index in [2.05, 4.69) is 216 Å². The van der Waals surface area contributed by atoms with E-state index in [1.165, 1.54) is 151 Å². The average Bonchev–Trinajstić information content (AvgIpc) is 3.88. The molecular formula is C66H68BN2S. The first-order valence-corrected chi connectivity index (χ1v) is 27.1. The van der Waals surface area contributed by atoms with Crippen molar-refractivity contribution in [2.75, 3.05) is 5.32 Å². The van der Waals surface area contributed by atoms with Gasteiger partial charge in [-0.25, -0.2) is 0 Å². The number of hydrogen-bond acceptors (Lipinski definition) is 2. The van der Waals surface area contributed by atoms with E-state index < -0.39 is 0 Å². The smallest absolute Gasteiger partial charge is 0.197 e. The molecule has 1 N–H and O–H groups in total. The first kappa shape index (κ1) is 44.4. The van der Waals surface area contributed by atoms with Gasteiger partial charge in [-0.15, -0.1) is 11.3 Å². The fraction of sp³-hybridized carbons (Fsp3) is 0.364. The van der Waals surface area contributed by atoms with E-state index in [0.717, 1.165) is 12.8 Å². The summed E-state index contributed by atoms with van der Waals surface area (Å²) in [6.45, 7) is 29.6. The van der Waals surface area contributed by atoms with E-state index in [0.29, 0.717) is 0 Å². The van der Waals surface area contributed by atoms with Crippen molar-refractivity contribution in [3.63, 3.8) is 0 Å². The summed E-state index contributed by atoms with van der Waals surface area (Å²) in [6.07, 6.45) is 7.08. The van der Waals surface area contributed by atoms with E-state index in [1.54, 1.807) is 0 Å². The first-order chi connectivity index (χ1) is 33.1. The van der Waals surface area contributed by atoms with Gasteiger partial charge >= 0.3 is 0 Å². The standard InChI is InChI=1S/C66H68BN2S/c1-61(2)26-27-62(3,4)47-32-38(24-25-46(47)61)68-53-36-50-48(63(5,6)28-30-65(50,9)10)34-43(53)45-33-44(41-21-17-20-40-39-18-14-16-23-56(39)70-60(40)41)57-42-19-13-15-22-54(42)69-55-37-51-49(35-52(55)67-58(45)59(57)69)64(7,8)29-31-66(51,11)12/h13-25,32-37,68H,26-31H2,1-12H3. The Morgan fingerprint density at radius 1 is 0.457 bits per heavy atom.